The van der Waals surface area contributed by atoms with Crippen LogP contribution in [0.2, 0.25) is 0 Å². The van der Waals surface area contributed by atoms with Gasteiger partial charge in [0.25, 0.3) is 0 Å². The van der Waals surface area contributed by atoms with Gasteiger partial charge in [-0.25, -0.2) is 4.98 Å². The Morgan fingerprint density at radius 1 is 1.44 bits per heavy atom. The second kappa shape index (κ2) is 5.50. The van der Waals surface area contributed by atoms with Crippen molar-refractivity contribution in [2.24, 2.45) is 0 Å². The molecule has 0 aliphatic heterocycles. The molecule has 2 rings (SSSR count). The van der Waals surface area contributed by atoms with Crippen molar-refractivity contribution in [3.63, 3.8) is 0 Å². The third-order valence-electron chi connectivity index (χ3n) is 2.65. The number of thiazole rings is 1. The molecule has 18 heavy (non-hydrogen) atoms. The maximum absolute atomic E-state index is 9.48. The van der Waals surface area contributed by atoms with Gasteiger partial charge in [-0.3, -0.25) is 0 Å². The van der Waals surface area contributed by atoms with Crippen LogP contribution in [0.3, 0.4) is 0 Å². The van der Waals surface area contributed by atoms with Gasteiger partial charge in [0.15, 0.2) is 0 Å². The Bertz CT molecular complexity index is 534. The van der Waals surface area contributed by atoms with E-state index in [0.29, 0.717) is 6.61 Å². The molecule has 0 fully saturated rings. The number of benzene rings is 1. The van der Waals surface area contributed by atoms with Crippen molar-refractivity contribution in [1.82, 2.24) is 4.98 Å². The van der Waals surface area contributed by atoms with Crippen LogP contribution >= 0.6 is 11.3 Å². The van der Waals surface area contributed by atoms with Crippen LogP contribution in [0.4, 0.5) is 0 Å². The number of hydrogen-bond acceptors (Lipinski definition) is 4. The lowest BCUT2D eigenvalue weighted by Crippen LogP contribution is -1.94. The maximum Gasteiger partial charge on any atom is 0.122 e. The summed E-state index contributed by atoms with van der Waals surface area (Å²) in [5, 5.41) is 12.2. The summed E-state index contributed by atoms with van der Waals surface area (Å²) >= 11 is 1.48. The van der Waals surface area contributed by atoms with E-state index in [-0.39, 0.29) is 0 Å². The quantitative estimate of drug-likeness (QED) is 0.917. The highest BCUT2D eigenvalue weighted by molar-refractivity contribution is 7.10. The molecule has 0 bridgehead atoms. The number of ether oxygens (including phenoxy) is 1. The van der Waals surface area contributed by atoms with Crippen molar-refractivity contribution >= 4 is 11.3 Å². The smallest absolute Gasteiger partial charge is 0.122 e. The molecule has 0 spiro atoms. The third-order valence-corrected chi connectivity index (χ3v) is 3.66. The Morgan fingerprint density at radius 3 is 2.78 bits per heavy atom. The normalized spacial score (nSPS) is 12.4. The SMILES string of the molecule is CCOc1ccc(-c2csc(C(C)O)n2)cc1C. The Kier molecular flexibility index (Phi) is 3.99. The highest BCUT2D eigenvalue weighted by Crippen LogP contribution is 2.28. The average Bonchev–Trinajstić information content (AvgIpc) is 2.81. The fourth-order valence-electron chi connectivity index (χ4n) is 1.74. The zero-order valence-corrected chi connectivity index (χ0v) is 11.6. The van der Waals surface area contributed by atoms with Crippen molar-refractivity contribution in [2.45, 2.75) is 26.9 Å². The predicted octanol–water partition coefficient (Wildman–Crippen LogP) is 3.57. The van der Waals surface area contributed by atoms with Gasteiger partial charge < -0.3 is 9.84 Å². The first-order valence-corrected chi connectivity index (χ1v) is 6.87. The highest BCUT2D eigenvalue weighted by atomic mass is 32.1. The van der Waals surface area contributed by atoms with Crippen LogP contribution in [0.15, 0.2) is 23.6 Å². The van der Waals surface area contributed by atoms with Crippen LogP contribution in [0.25, 0.3) is 11.3 Å². The number of nitrogens with zero attached hydrogens (tertiary/aromatic N) is 1. The van der Waals surface area contributed by atoms with Crippen LogP contribution in [0, 0.1) is 6.92 Å². The van der Waals surface area contributed by atoms with E-state index in [2.05, 4.69) is 11.1 Å². The summed E-state index contributed by atoms with van der Waals surface area (Å²) in [6.07, 6.45) is -0.507. The molecule has 1 atom stereocenters. The van der Waals surface area contributed by atoms with Crippen molar-refractivity contribution < 1.29 is 9.84 Å². The van der Waals surface area contributed by atoms with Crippen LogP contribution in [-0.4, -0.2) is 16.7 Å². The zero-order valence-electron chi connectivity index (χ0n) is 10.8. The van der Waals surface area contributed by atoms with Gasteiger partial charge in [-0.15, -0.1) is 11.3 Å². The molecule has 2 aromatic rings. The number of hydrogen-bond donors (Lipinski definition) is 1. The molecule has 0 radical (unpaired) electrons. The first-order valence-electron chi connectivity index (χ1n) is 5.99. The molecule has 1 aromatic carbocycles. The molecule has 1 heterocycles. The Labute approximate surface area is 111 Å². The lowest BCUT2D eigenvalue weighted by molar-refractivity contribution is 0.199. The predicted molar refractivity (Wildman–Crippen MR) is 74.1 cm³/mol. The molecule has 0 saturated heterocycles. The minimum atomic E-state index is -0.507. The molecule has 0 aliphatic rings. The fourth-order valence-corrected chi connectivity index (χ4v) is 2.51. The van der Waals surface area contributed by atoms with Gasteiger partial charge in [0.2, 0.25) is 0 Å². The molecular formula is C14H17NO2S. The van der Waals surface area contributed by atoms with Crippen molar-refractivity contribution in [2.75, 3.05) is 6.61 Å². The van der Waals surface area contributed by atoms with E-state index < -0.39 is 6.10 Å². The zero-order chi connectivity index (χ0) is 13.1. The largest absolute Gasteiger partial charge is 0.494 e. The Balaban J connectivity index is 2.30. The average molecular weight is 263 g/mol. The van der Waals surface area contributed by atoms with E-state index in [9.17, 15) is 5.11 Å². The summed E-state index contributed by atoms with van der Waals surface area (Å²) < 4.78 is 5.51. The summed E-state index contributed by atoms with van der Waals surface area (Å²) in [4.78, 5) is 4.42. The van der Waals surface area contributed by atoms with Crippen LogP contribution in [0.5, 0.6) is 5.75 Å². The molecular weight excluding hydrogens is 246 g/mol. The topological polar surface area (TPSA) is 42.4 Å². The fraction of sp³-hybridized carbons (Fsp3) is 0.357. The molecule has 1 aromatic heterocycles. The number of aryl methyl sites for hydroxylation is 1. The molecule has 0 amide bonds. The number of aliphatic hydroxyl groups is 1. The second-order valence-electron chi connectivity index (χ2n) is 4.16. The molecule has 0 aliphatic carbocycles. The first kappa shape index (κ1) is 13.1. The summed E-state index contributed by atoms with van der Waals surface area (Å²) in [6, 6.07) is 6.03. The van der Waals surface area contributed by atoms with Crippen molar-refractivity contribution in [1.29, 1.82) is 0 Å². The van der Waals surface area contributed by atoms with E-state index in [1.807, 2.05) is 31.4 Å². The van der Waals surface area contributed by atoms with E-state index in [4.69, 9.17) is 4.74 Å². The summed E-state index contributed by atoms with van der Waals surface area (Å²) in [6.45, 7) is 6.40. The Hall–Kier alpha value is -1.39. The van der Waals surface area contributed by atoms with Gasteiger partial charge >= 0.3 is 0 Å². The van der Waals surface area contributed by atoms with Gasteiger partial charge in [0.05, 0.1) is 12.3 Å². The second-order valence-corrected chi connectivity index (χ2v) is 5.05. The van der Waals surface area contributed by atoms with E-state index >= 15 is 0 Å². The third kappa shape index (κ3) is 2.71. The minimum Gasteiger partial charge on any atom is -0.494 e. The van der Waals surface area contributed by atoms with Gasteiger partial charge in [-0.2, -0.15) is 0 Å². The van der Waals surface area contributed by atoms with Crippen LogP contribution < -0.4 is 4.74 Å². The van der Waals surface area contributed by atoms with Crippen LogP contribution in [-0.2, 0) is 0 Å². The summed E-state index contributed by atoms with van der Waals surface area (Å²) in [5.41, 5.74) is 3.06. The number of aromatic nitrogens is 1. The molecule has 0 saturated carbocycles. The van der Waals surface area contributed by atoms with E-state index in [1.165, 1.54) is 11.3 Å². The highest BCUT2D eigenvalue weighted by Gasteiger charge is 2.09. The number of rotatable bonds is 4. The minimum absolute atomic E-state index is 0.507. The monoisotopic (exact) mass is 263 g/mol. The van der Waals surface area contributed by atoms with Crippen molar-refractivity contribution in [3.05, 3.63) is 34.2 Å². The van der Waals surface area contributed by atoms with E-state index in [1.54, 1.807) is 6.92 Å². The van der Waals surface area contributed by atoms with E-state index in [0.717, 1.165) is 27.6 Å². The molecule has 96 valence electrons. The first-order chi connectivity index (χ1) is 8.61. The summed E-state index contributed by atoms with van der Waals surface area (Å²) in [5.74, 6) is 0.909. The standard InChI is InChI=1S/C14H17NO2S/c1-4-17-13-6-5-11(7-9(13)2)12-8-18-14(15-12)10(3)16/h5-8,10,16H,4H2,1-3H3. The number of aliphatic hydroxyl groups excluding tert-OH is 1. The summed E-state index contributed by atoms with van der Waals surface area (Å²) in [7, 11) is 0. The van der Waals surface area contributed by atoms with Gasteiger partial charge in [0, 0.05) is 10.9 Å². The van der Waals surface area contributed by atoms with Crippen molar-refractivity contribution in [3.8, 4) is 17.0 Å². The van der Waals surface area contributed by atoms with Gasteiger partial charge in [-0.1, -0.05) is 0 Å². The molecule has 1 N–H and O–H groups in total. The lowest BCUT2D eigenvalue weighted by atomic mass is 10.1. The van der Waals surface area contributed by atoms with Gasteiger partial charge in [-0.05, 0) is 44.5 Å². The lowest BCUT2D eigenvalue weighted by Gasteiger charge is -2.07. The van der Waals surface area contributed by atoms with Crippen LogP contribution in [0.1, 0.15) is 30.5 Å². The molecule has 1 unspecified atom stereocenters. The Morgan fingerprint density at radius 2 is 2.22 bits per heavy atom. The molecule has 3 nitrogen and oxygen atoms in total. The maximum atomic E-state index is 9.48. The molecule has 4 heteroatoms. The van der Waals surface area contributed by atoms with Gasteiger partial charge in [0.1, 0.15) is 16.9 Å².